The summed E-state index contributed by atoms with van der Waals surface area (Å²) in [7, 11) is 0. The first-order chi connectivity index (χ1) is 5.45. The standard InChI is InChI=1S/C8H10N2O.ClH/c1-2-7(4-9-3-1)11-8-5-10-6-8;/h1-4,8,10H,5-6H2;1H. The second-order valence-electron chi connectivity index (χ2n) is 2.59. The predicted octanol–water partition coefficient (Wildman–Crippen LogP) is 0.854. The van der Waals surface area contributed by atoms with Crippen LogP contribution >= 0.6 is 12.4 Å². The molecule has 1 aromatic rings. The van der Waals surface area contributed by atoms with E-state index in [1.165, 1.54) is 0 Å². The van der Waals surface area contributed by atoms with E-state index in [0.29, 0.717) is 6.10 Å². The molecule has 2 heterocycles. The molecule has 0 radical (unpaired) electrons. The Bertz CT molecular complexity index is 226. The van der Waals surface area contributed by atoms with Crippen LogP contribution < -0.4 is 10.1 Å². The molecule has 0 atom stereocenters. The molecule has 66 valence electrons. The van der Waals surface area contributed by atoms with Crippen LogP contribution in [0.4, 0.5) is 0 Å². The fraction of sp³-hybridized carbons (Fsp3) is 0.375. The minimum Gasteiger partial charge on any atom is -0.486 e. The number of hydrogen-bond acceptors (Lipinski definition) is 3. The van der Waals surface area contributed by atoms with Gasteiger partial charge in [-0.25, -0.2) is 0 Å². The number of pyridine rings is 1. The molecule has 1 fully saturated rings. The highest BCUT2D eigenvalue weighted by Gasteiger charge is 2.17. The molecule has 0 saturated carbocycles. The smallest absolute Gasteiger partial charge is 0.138 e. The third-order valence-corrected chi connectivity index (χ3v) is 1.68. The van der Waals surface area contributed by atoms with Crippen molar-refractivity contribution < 1.29 is 4.74 Å². The van der Waals surface area contributed by atoms with Crippen molar-refractivity contribution >= 4 is 12.4 Å². The monoisotopic (exact) mass is 186 g/mol. The van der Waals surface area contributed by atoms with Crippen LogP contribution in [0, 0.1) is 0 Å². The van der Waals surface area contributed by atoms with E-state index < -0.39 is 0 Å². The summed E-state index contributed by atoms with van der Waals surface area (Å²) in [5.41, 5.74) is 0. The fourth-order valence-corrected chi connectivity index (χ4v) is 0.955. The zero-order valence-electron chi connectivity index (χ0n) is 6.56. The van der Waals surface area contributed by atoms with Gasteiger partial charge in [0.15, 0.2) is 0 Å². The van der Waals surface area contributed by atoms with Crippen LogP contribution in [0.15, 0.2) is 24.5 Å². The molecule has 0 aliphatic carbocycles. The zero-order chi connectivity index (χ0) is 7.52. The molecule has 12 heavy (non-hydrogen) atoms. The van der Waals surface area contributed by atoms with Crippen molar-refractivity contribution in [3.63, 3.8) is 0 Å². The van der Waals surface area contributed by atoms with Crippen LogP contribution in [0.2, 0.25) is 0 Å². The van der Waals surface area contributed by atoms with Gasteiger partial charge in [0, 0.05) is 19.3 Å². The van der Waals surface area contributed by atoms with Gasteiger partial charge >= 0.3 is 0 Å². The Kier molecular flexibility index (Phi) is 3.31. The highest BCUT2D eigenvalue weighted by molar-refractivity contribution is 5.85. The van der Waals surface area contributed by atoms with Crippen LogP contribution in [0.25, 0.3) is 0 Å². The lowest BCUT2D eigenvalue weighted by Crippen LogP contribution is -2.50. The Hall–Kier alpha value is -0.800. The molecular formula is C8H11ClN2O. The van der Waals surface area contributed by atoms with Crippen molar-refractivity contribution in [1.29, 1.82) is 0 Å². The van der Waals surface area contributed by atoms with Crippen molar-refractivity contribution in [3.05, 3.63) is 24.5 Å². The molecule has 0 spiro atoms. The number of nitrogens with one attached hydrogen (secondary N) is 1. The van der Waals surface area contributed by atoms with Gasteiger partial charge in [0.1, 0.15) is 11.9 Å². The maximum Gasteiger partial charge on any atom is 0.138 e. The molecule has 3 nitrogen and oxygen atoms in total. The van der Waals surface area contributed by atoms with Crippen LogP contribution in [0.5, 0.6) is 5.75 Å². The molecule has 1 aromatic heterocycles. The molecule has 0 bridgehead atoms. The maximum absolute atomic E-state index is 5.53. The van der Waals surface area contributed by atoms with E-state index >= 15 is 0 Å². The minimum absolute atomic E-state index is 0. The van der Waals surface area contributed by atoms with E-state index in [1.54, 1.807) is 12.4 Å². The third-order valence-electron chi connectivity index (χ3n) is 1.68. The van der Waals surface area contributed by atoms with Crippen LogP contribution in [-0.4, -0.2) is 24.2 Å². The normalized spacial score (nSPS) is 16.0. The molecule has 4 heteroatoms. The van der Waals surface area contributed by atoms with Crippen molar-refractivity contribution in [3.8, 4) is 5.75 Å². The van der Waals surface area contributed by atoms with Gasteiger partial charge in [0.2, 0.25) is 0 Å². The Labute approximate surface area is 77.6 Å². The van der Waals surface area contributed by atoms with E-state index in [9.17, 15) is 0 Å². The Morgan fingerprint density at radius 3 is 2.83 bits per heavy atom. The summed E-state index contributed by atoms with van der Waals surface area (Å²) < 4.78 is 5.53. The number of hydrogen-bond donors (Lipinski definition) is 1. The molecule has 1 aliphatic heterocycles. The summed E-state index contributed by atoms with van der Waals surface area (Å²) in [5, 5.41) is 3.14. The van der Waals surface area contributed by atoms with E-state index in [1.807, 2.05) is 12.1 Å². The highest BCUT2D eigenvalue weighted by Crippen LogP contribution is 2.10. The summed E-state index contributed by atoms with van der Waals surface area (Å²) in [6, 6.07) is 3.80. The van der Waals surface area contributed by atoms with Gasteiger partial charge in [-0.2, -0.15) is 0 Å². The maximum atomic E-state index is 5.53. The largest absolute Gasteiger partial charge is 0.486 e. The van der Waals surface area contributed by atoms with Gasteiger partial charge in [-0.1, -0.05) is 0 Å². The van der Waals surface area contributed by atoms with E-state index in [-0.39, 0.29) is 12.4 Å². The SMILES string of the molecule is Cl.c1cncc(OC2CNC2)c1. The fourth-order valence-electron chi connectivity index (χ4n) is 0.955. The number of nitrogens with zero attached hydrogens (tertiary/aromatic N) is 1. The summed E-state index contributed by atoms with van der Waals surface area (Å²) in [6.45, 7) is 1.91. The molecule has 0 aromatic carbocycles. The molecule has 1 N–H and O–H groups in total. The van der Waals surface area contributed by atoms with Crippen LogP contribution in [0.1, 0.15) is 0 Å². The van der Waals surface area contributed by atoms with Gasteiger partial charge in [-0.05, 0) is 12.1 Å². The molecule has 2 rings (SSSR count). The molecule has 1 saturated heterocycles. The summed E-state index contributed by atoms with van der Waals surface area (Å²) >= 11 is 0. The van der Waals surface area contributed by atoms with Crippen molar-refractivity contribution in [2.24, 2.45) is 0 Å². The Balaban J connectivity index is 0.000000720. The number of aromatic nitrogens is 1. The number of halogens is 1. The Morgan fingerprint density at radius 1 is 1.50 bits per heavy atom. The van der Waals surface area contributed by atoms with Crippen LogP contribution in [-0.2, 0) is 0 Å². The third kappa shape index (κ3) is 2.09. The lowest BCUT2D eigenvalue weighted by atomic mass is 10.2. The van der Waals surface area contributed by atoms with Gasteiger partial charge in [-0.15, -0.1) is 12.4 Å². The predicted molar refractivity (Wildman–Crippen MR) is 48.8 cm³/mol. The van der Waals surface area contributed by atoms with E-state index in [0.717, 1.165) is 18.8 Å². The summed E-state index contributed by atoms with van der Waals surface area (Å²) in [4.78, 5) is 3.95. The quantitative estimate of drug-likeness (QED) is 0.744. The molecule has 0 unspecified atom stereocenters. The zero-order valence-corrected chi connectivity index (χ0v) is 7.38. The first-order valence-corrected chi connectivity index (χ1v) is 3.72. The number of rotatable bonds is 2. The second-order valence-corrected chi connectivity index (χ2v) is 2.59. The van der Waals surface area contributed by atoms with Gasteiger partial charge < -0.3 is 10.1 Å². The topological polar surface area (TPSA) is 34.1 Å². The average molecular weight is 187 g/mol. The van der Waals surface area contributed by atoms with Crippen molar-refractivity contribution in [2.75, 3.05) is 13.1 Å². The average Bonchev–Trinajstić information content (AvgIpc) is 1.99. The summed E-state index contributed by atoms with van der Waals surface area (Å²) in [5.74, 6) is 0.860. The molecular weight excluding hydrogens is 176 g/mol. The number of ether oxygens (including phenoxy) is 1. The van der Waals surface area contributed by atoms with Crippen molar-refractivity contribution in [1.82, 2.24) is 10.3 Å². The Morgan fingerprint density at radius 2 is 2.33 bits per heavy atom. The van der Waals surface area contributed by atoms with E-state index in [4.69, 9.17) is 4.74 Å². The van der Waals surface area contributed by atoms with Gasteiger partial charge in [-0.3, -0.25) is 4.98 Å². The first-order valence-electron chi connectivity index (χ1n) is 3.72. The molecule has 1 aliphatic rings. The van der Waals surface area contributed by atoms with Crippen LogP contribution in [0.3, 0.4) is 0 Å². The van der Waals surface area contributed by atoms with Gasteiger partial charge in [0.25, 0.3) is 0 Å². The lowest BCUT2D eigenvalue weighted by Gasteiger charge is -2.27. The second kappa shape index (κ2) is 4.28. The highest BCUT2D eigenvalue weighted by atomic mass is 35.5. The van der Waals surface area contributed by atoms with Gasteiger partial charge in [0.05, 0.1) is 6.20 Å². The minimum atomic E-state index is 0. The molecule has 0 amide bonds. The van der Waals surface area contributed by atoms with E-state index in [2.05, 4.69) is 10.3 Å². The summed E-state index contributed by atoms with van der Waals surface area (Å²) in [6.07, 6.45) is 3.82. The van der Waals surface area contributed by atoms with Crippen molar-refractivity contribution in [2.45, 2.75) is 6.10 Å². The first kappa shape index (κ1) is 9.29. The lowest BCUT2D eigenvalue weighted by molar-refractivity contribution is 0.142.